The second-order valence-corrected chi connectivity index (χ2v) is 4.86. The Balaban J connectivity index is 1.98. The summed E-state index contributed by atoms with van der Waals surface area (Å²) in [5, 5.41) is 0. The van der Waals surface area contributed by atoms with E-state index in [9.17, 15) is 4.79 Å². The lowest BCUT2D eigenvalue weighted by atomic mass is 9.87. The van der Waals surface area contributed by atoms with Gasteiger partial charge in [-0.3, -0.25) is 0 Å². The Labute approximate surface area is 91.0 Å². The van der Waals surface area contributed by atoms with Gasteiger partial charge in [-0.1, -0.05) is 12.7 Å². The minimum absolute atomic E-state index is 0.107. The van der Waals surface area contributed by atoms with Crippen LogP contribution in [-0.2, 0) is 9.53 Å². The van der Waals surface area contributed by atoms with Gasteiger partial charge in [0, 0.05) is 11.5 Å². The van der Waals surface area contributed by atoms with Crippen molar-refractivity contribution in [3.05, 3.63) is 24.8 Å². The molecule has 15 heavy (non-hydrogen) atoms. The van der Waals surface area contributed by atoms with Crippen LogP contribution in [0.1, 0.15) is 26.2 Å². The molecule has 0 heterocycles. The number of carbonyl (C=O) groups is 1. The van der Waals surface area contributed by atoms with Crippen molar-refractivity contribution in [1.29, 1.82) is 0 Å². The topological polar surface area (TPSA) is 26.3 Å². The van der Waals surface area contributed by atoms with Crippen LogP contribution in [0.25, 0.3) is 0 Å². The second kappa shape index (κ2) is 3.84. The number of rotatable bonds is 3. The summed E-state index contributed by atoms with van der Waals surface area (Å²) < 4.78 is 5.45. The average Bonchev–Trinajstić information content (AvgIpc) is 2.75. The second-order valence-electron chi connectivity index (χ2n) is 4.86. The van der Waals surface area contributed by atoms with Crippen LogP contribution < -0.4 is 0 Å². The molecule has 0 aliphatic heterocycles. The molecule has 0 amide bonds. The highest BCUT2D eigenvalue weighted by Crippen LogP contribution is 2.50. The quantitative estimate of drug-likeness (QED) is 0.403. The number of hydrogen-bond donors (Lipinski definition) is 0. The highest BCUT2D eigenvalue weighted by molar-refractivity contribution is 5.87. The molecule has 2 rings (SSSR count). The van der Waals surface area contributed by atoms with E-state index in [4.69, 9.17) is 4.74 Å². The molecule has 0 aromatic heterocycles. The molecule has 2 aliphatic carbocycles. The molecule has 0 saturated heterocycles. The maximum absolute atomic E-state index is 11.4. The maximum atomic E-state index is 11.4. The van der Waals surface area contributed by atoms with Crippen LogP contribution >= 0.6 is 0 Å². The van der Waals surface area contributed by atoms with Crippen LogP contribution in [0, 0.1) is 17.8 Å². The summed E-state index contributed by atoms with van der Waals surface area (Å²) in [6.07, 6.45) is 5.59. The molecule has 0 aromatic carbocycles. The van der Waals surface area contributed by atoms with Crippen molar-refractivity contribution in [3.63, 3.8) is 0 Å². The van der Waals surface area contributed by atoms with Gasteiger partial charge in [0.25, 0.3) is 0 Å². The van der Waals surface area contributed by atoms with Gasteiger partial charge in [-0.2, -0.15) is 0 Å². The van der Waals surface area contributed by atoms with E-state index in [1.54, 1.807) is 6.92 Å². The lowest BCUT2D eigenvalue weighted by Crippen LogP contribution is -2.28. The molecule has 2 saturated carbocycles. The summed E-state index contributed by atoms with van der Waals surface area (Å²) in [5.41, 5.74) is 0.493. The lowest BCUT2D eigenvalue weighted by Gasteiger charge is -2.27. The first-order chi connectivity index (χ1) is 7.11. The average molecular weight is 206 g/mol. The van der Waals surface area contributed by atoms with E-state index < -0.39 is 0 Å². The van der Waals surface area contributed by atoms with Gasteiger partial charge in [0.05, 0.1) is 0 Å². The zero-order valence-corrected chi connectivity index (χ0v) is 9.24. The Morgan fingerprint density at radius 2 is 2.13 bits per heavy atom. The molecule has 2 heteroatoms. The molecule has 2 bridgehead atoms. The van der Waals surface area contributed by atoms with Crippen LogP contribution in [0.3, 0.4) is 0 Å². The van der Waals surface area contributed by atoms with E-state index >= 15 is 0 Å². The summed E-state index contributed by atoms with van der Waals surface area (Å²) in [6.45, 7) is 9.15. The smallest absolute Gasteiger partial charge is 0.333 e. The summed E-state index contributed by atoms with van der Waals surface area (Å²) >= 11 is 0. The molecule has 82 valence electrons. The number of hydrogen-bond acceptors (Lipinski definition) is 2. The van der Waals surface area contributed by atoms with Gasteiger partial charge < -0.3 is 4.74 Å². The van der Waals surface area contributed by atoms with E-state index in [2.05, 4.69) is 13.2 Å². The Morgan fingerprint density at radius 1 is 1.40 bits per heavy atom. The first kappa shape index (κ1) is 10.5. The van der Waals surface area contributed by atoms with Crippen LogP contribution in [0.4, 0.5) is 0 Å². The molecule has 2 aliphatic rings. The number of ether oxygens (including phenoxy) is 1. The van der Waals surface area contributed by atoms with Crippen LogP contribution in [0.5, 0.6) is 0 Å². The highest BCUT2D eigenvalue weighted by Gasteiger charge is 2.46. The fourth-order valence-corrected chi connectivity index (χ4v) is 2.98. The summed E-state index contributed by atoms with van der Waals surface area (Å²) in [5.74, 6) is 1.55. The van der Waals surface area contributed by atoms with Gasteiger partial charge in [0.2, 0.25) is 0 Å². The predicted molar refractivity (Wildman–Crippen MR) is 59.2 cm³/mol. The molecular formula is C13H18O2. The first-order valence-corrected chi connectivity index (χ1v) is 5.61. The number of fused-ring (bicyclic) bond motifs is 2. The standard InChI is InChI=1S/C13H18O2/c1-4-10-5-9-6-11(10)12(7-9)15-13(14)8(2)3/h4,9-12H,1-2,5-7H2,3H3. The van der Waals surface area contributed by atoms with Crippen molar-refractivity contribution in [1.82, 2.24) is 0 Å². The third-order valence-corrected chi connectivity index (χ3v) is 3.71. The molecule has 4 atom stereocenters. The zero-order chi connectivity index (χ0) is 11.0. The van der Waals surface area contributed by atoms with E-state index in [-0.39, 0.29) is 12.1 Å². The molecule has 0 aromatic rings. The summed E-state index contributed by atoms with van der Waals surface area (Å²) in [7, 11) is 0. The monoisotopic (exact) mass is 206 g/mol. The fourth-order valence-electron chi connectivity index (χ4n) is 2.98. The van der Waals surface area contributed by atoms with E-state index in [1.807, 2.05) is 6.08 Å². The summed E-state index contributed by atoms with van der Waals surface area (Å²) in [6, 6.07) is 0. The number of allylic oxidation sites excluding steroid dienone is 1. The third kappa shape index (κ3) is 1.85. The zero-order valence-electron chi connectivity index (χ0n) is 9.24. The van der Waals surface area contributed by atoms with Crippen LogP contribution in [0.2, 0.25) is 0 Å². The van der Waals surface area contributed by atoms with E-state index in [1.165, 1.54) is 12.8 Å². The Morgan fingerprint density at radius 3 is 2.67 bits per heavy atom. The Kier molecular flexibility index (Phi) is 2.68. The van der Waals surface area contributed by atoms with Crippen molar-refractivity contribution in [2.24, 2.45) is 17.8 Å². The largest absolute Gasteiger partial charge is 0.459 e. The van der Waals surface area contributed by atoms with Gasteiger partial charge in [-0.15, -0.1) is 6.58 Å². The molecular weight excluding hydrogens is 188 g/mol. The van der Waals surface area contributed by atoms with Gasteiger partial charge in [0.1, 0.15) is 6.10 Å². The number of carbonyl (C=O) groups excluding carboxylic acids is 1. The van der Waals surface area contributed by atoms with Gasteiger partial charge in [-0.25, -0.2) is 4.79 Å². The SMILES string of the molecule is C=CC1CC2CC(OC(=O)C(=C)C)C1C2. The summed E-state index contributed by atoms with van der Waals surface area (Å²) in [4.78, 5) is 11.4. The van der Waals surface area contributed by atoms with Crippen molar-refractivity contribution < 1.29 is 9.53 Å². The molecule has 0 N–H and O–H groups in total. The van der Waals surface area contributed by atoms with Gasteiger partial charge in [0.15, 0.2) is 0 Å². The molecule has 0 spiro atoms. The van der Waals surface area contributed by atoms with Crippen molar-refractivity contribution in [2.45, 2.75) is 32.3 Å². The van der Waals surface area contributed by atoms with E-state index in [0.29, 0.717) is 17.4 Å². The Hall–Kier alpha value is -1.05. The third-order valence-electron chi connectivity index (χ3n) is 3.71. The molecule has 2 nitrogen and oxygen atoms in total. The fraction of sp³-hybridized carbons (Fsp3) is 0.615. The minimum atomic E-state index is -0.240. The highest BCUT2D eigenvalue weighted by atomic mass is 16.5. The van der Waals surface area contributed by atoms with Crippen molar-refractivity contribution in [3.8, 4) is 0 Å². The molecule has 4 unspecified atom stereocenters. The minimum Gasteiger partial charge on any atom is -0.459 e. The predicted octanol–water partition coefficient (Wildman–Crippen LogP) is 2.71. The normalized spacial score (nSPS) is 37.7. The molecule has 0 radical (unpaired) electrons. The van der Waals surface area contributed by atoms with Gasteiger partial charge in [-0.05, 0) is 38.0 Å². The maximum Gasteiger partial charge on any atom is 0.333 e. The number of esters is 1. The van der Waals surface area contributed by atoms with Crippen LogP contribution in [0.15, 0.2) is 24.8 Å². The van der Waals surface area contributed by atoms with Crippen molar-refractivity contribution >= 4 is 5.97 Å². The van der Waals surface area contributed by atoms with Crippen LogP contribution in [-0.4, -0.2) is 12.1 Å². The lowest BCUT2D eigenvalue weighted by molar-refractivity contribution is -0.147. The van der Waals surface area contributed by atoms with Gasteiger partial charge >= 0.3 is 5.97 Å². The van der Waals surface area contributed by atoms with Crippen molar-refractivity contribution in [2.75, 3.05) is 0 Å². The van der Waals surface area contributed by atoms with E-state index in [0.717, 1.165) is 12.3 Å². The Bertz CT molecular complexity index is 306. The molecule has 2 fully saturated rings. The first-order valence-electron chi connectivity index (χ1n) is 5.61.